The molecule has 1 aromatic heterocycles. The van der Waals surface area contributed by atoms with Gasteiger partial charge in [-0.1, -0.05) is 0 Å². The molecular formula is C11H12F3N3O3. The molecule has 0 radical (unpaired) electrons. The van der Waals surface area contributed by atoms with E-state index in [2.05, 4.69) is 9.97 Å². The molecule has 0 spiro atoms. The molecule has 2 N–H and O–H groups in total. The molecule has 1 aliphatic heterocycles. The number of anilines is 1. The first-order valence-corrected chi connectivity index (χ1v) is 5.79. The average Bonchev–Trinajstić information content (AvgIpc) is 2.72. The van der Waals surface area contributed by atoms with Crippen LogP contribution >= 0.6 is 0 Å². The number of carbonyl (C=O) groups is 1. The van der Waals surface area contributed by atoms with Gasteiger partial charge in [-0.3, -0.25) is 9.59 Å². The maximum absolute atomic E-state index is 13.0. The fraction of sp³-hybridized carbons (Fsp3) is 0.545. The van der Waals surface area contributed by atoms with Gasteiger partial charge >= 0.3 is 12.1 Å². The Morgan fingerprint density at radius 2 is 2.20 bits per heavy atom. The molecule has 6 nitrogen and oxygen atoms in total. The monoisotopic (exact) mass is 291 g/mol. The number of aromatic amines is 1. The van der Waals surface area contributed by atoms with Crippen LogP contribution in [0.15, 0.2) is 10.9 Å². The van der Waals surface area contributed by atoms with Gasteiger partial charge in [-0.2, -0.15) is 13.2 Å². The quantitative estimate of drug-likeness (QED) is 0.846. The molecule has 1 atom stereocenters. The Balaban J connectivity index is 2.36. The molecule has 0 aliphatic carbocycles. The Morgan fingerprint density at radius 3 is 2.65 bits per heavy atom. The number of hydrogen-bond acceptors (Lipinski definition) is 4. The molecular weight excluding hydrogens is 279 g/mol. The second-order valence-electron chi connectivity index (χ2n) is 4.75. The molecule has 9 heteroatoms. The maximum atomic E-state index is 13.0. The van der Waals surface area contributed by atoms with Gasteiger partial charge in [-0.15, -0.1) is 0 Å². The molecule has 0 amide bonds. The third-order valence-corrected chi connectivity index (χ3v) is 3.39. The van der Waals surface area contributed by atoms with E-state index in [-0.39, 0.29) is 18.2 Å². The van der Waals surface area contributed by atoms with E-state index in [0.717, 1.165) is 6.07 Å². The van der Waals surface area contributed by atoms with Crippen LogP contribution in [0, 0.1) is 12.3 Å². The SMILES string of the molecule is Cc1nc(N2CCC(C(=O)O)(C(F)(F)F)C2)cc(=O)[nH]1. The Morgan fingerprint density at radius 1 is 1.55 bits per heavy atom. The standard InChI is InChI=1S/C11H12F3N3O3/c1-6-15-7(4-8(18)16-6)17-3-2-10(5-17,9(19)20)11(12,13)14/h4H,2-3,5H2,1H3,(H,19,20)(H,15,16,18). The molecule has 2 rings (SSSR count). The van der Waals surface area contributed by atoms with Crippen molar-refractivity contribution < 1.29 is 23.1 Å². The Bertz CT molecular complexity index is 599. The average molecular weight is 291 g/mol. The molecule has 0 aromatic carbocycles. The van der Waals surface area contributed by atoms with Crippen LogP contribution in [-0.2, 0) is 4.79 Å². The normalized spacial score (nSPS) is 23.1. The lowest BCUT2D eigenvalue weighted by molar-refractivity contribution is -0.225. The second-order valence-corrected chi connectivity index (χ2v) is 4.75. The van der Waals surface area contributed by atoms with Gasteiger partial charge in [0.1, 0.15) is 11.6 Å². The van der Waals surface area contributed by atoms with Crippen molar-refractivity contribution in [2.45, 2.75) is 19.5 Å². The number of halogens is 3. The summed E-state index contributed by atoms with van der Waals surface area (Å²) < 4.78 is 39.1. The zero-order chi connectivity index (χ0) is 15.1. The fourth-order valence-electron chi connectivity index (χ4n) is 2.26. The van der Waals surface area contributed by atoms with Crippen LogP contribution < -0.4 is 10.5 Å². The summed E-state index contributed by atoms with van der Waals surface area (Å²) in [5, 5.41) is 8.94. The van der Waals surface area contributed by atoms with E-state index >= 15 is 0 Å². The van der Waals surface area contributed by atoms with Crippen LogP contribution in [0.25, 0.3) is 0 Å². The number of H-pyrrole nitrogens is 1. The van der Waals surface area contributed by atoms with E-state index < -0.39 is 36.1 Å². The number of carboxylic acid groups (broad SMARTS) is 1. The van der Waals surface area contributed by atoms with Gasteiger partial charge in [0.15, 0.2) is 5.41 Å². The Hall–Kier alpha value is -2.06. The molecule has 0 saturated carbocycles. The van der Waals surface area contributed by atoms with Crippen molar-refractivity contribution in [3.8, 4) is 0 Å². The minimum Gasteiger partial charge on any atom is -0.481 e. The number of aryl methyl sites for hydroxylation is 1. The van der Waals surface area contributed by atoms with Crippen molar-refractivity contribution in [2.24, 2.45) is 5.41 Å². The third kappa shape index (κ3) is 2.23. The van der Waals surface area contributed by atoms with E-state index in [4.69, 9.17) is 5.11 Å². The number of nitrogens with zero attached hydrogens (tertiary/aromatic N) is 2. The van der Waals surface area contributed by atoms with Crippen LogP contribution in [0.1, 0.15) is 12.2 Å². The van der Waals surface area contributed by atoms with Crippen molar-refractivity contribution in [1.82, 2.24) is 9.97 Å². The van der Waals surface area contributed by atoms with Crippen LogP contribution in [0.3, 0.4) is 0 Å². The summed E-state index contributed by atoms with van der Waals surface area (Å²) in [6.45, 7) is 0.624. The van der Waals surface area contributed by atoms with E-state index in [1.165, 1.54) is 11.8 Å². The first kappa shape index (κ1) is 14.4. The van der Waals surface area contributed by atoms with E-state index in [0.29, 0.717) is 0 Å². The predicted molar refractivity (Wildman–Crippen MR) is 62.5 cm³/mol. The maximum Gasteiger partial charge on any atom is 0.406 e. The molecule has 20 heavy (non-hydrogen) atoms. The van der Waals surface area contributed by atoms with Gasteiger partial charge in [-0.05, 0) is 13.3 Å². The molecule has 1 unspecified atom stereocenters. The summed E-state index contributed by atoms with van der Waals surface area (Å²) in [4.78, 5) is 29.8. The molecule has 0 bridgehead atoms. The number of alkyl halides is 3. The van der Waals surface area contributed by atoms with Gasteiger partial charge in [-0.25, -0.2) is 4.98 Å². The summed E-state index contributed by atoms with van der Waals surface area (Å²) >= 11 is 0. The van der Waals surface area contributed by atoms with Crippen molar-refractivity contribution in [2.75, 3.05) is 18.0 Å². The minimum atomic E-state index is -4.86. The van der Waals surface area contributed by atoms with Crippen molar-refractivity contribution in [3.63, 3.8) is 0 Å². The van der Waals surface area contributed by atoms with Gasteiger partial charge in [0.05, 0.1) is 0 Å². The molecule has 1 saturated heterocycles. The summed E-state index contributed by atoms with van der Waals surface area (Å²) in [7, 11) is 0. The summed E-state index contributed by atoms with van der Waals surface area (Å²) in [6, 6.07) is 1.06. The number of hydrogen-bond donors (Lipinski definition) is 2. The van der Waals surface area contributed by atoms with Crippen LogP contribution in [0.5, 0.6) is 0 Å². The summed E-state index contributed by atoms with van der Waals surface area (Å²) in [5.74, 6) is -1.60. The third-order valence-electron chi connectivity index (χ3n) is 3.39. The number of aliphatic carboxylic acids is 1. The van der Waals surface area contributed by atoms with Gasteiger partial charge in [0.25, 0.3) is 5.56 Å². The lowest BCUT2D eigenvalue weighted by atomic mass is 9.86. The highest BCUT2D eigenvalue weighted by Crippen LogP contribution is 2.46. The smallest absolute Gasteiger partial charge is 0.406 e. The molecule has 1 fully saturated rings. The molecule has 110 valence electrons. The lowest BCUT2D eigenvalue weighted by Crippen LogP contribution is -2.47. The number of aromatic nitrogens is 2. The summed E-state index contributed by atoms with van der Waals surface area (Å²) in [5.41, 5.74) is -3.31. The second kappa shape index (κ2) is 4.50. The largest absolute Gasteiger partial charge is 0.481 e. The van der Waals surface area contributed by atoms with Gasteiger partial charge in [0.2, 0.25) is 0 Å². The van der Waals surface area contributed by atoms with Crippen molar-refractivity contribution in [3.05, 3.63) is 22.2 Å². The van der Waals surface area contributed by atoms with Crippen molar-refractivity contribution in [1.29, 1.82) is 0 Å². The van der Waals surface area contributed by atoms with E-state index in [1.54, 1.807) is 0 Å². The Labute approximate surface area is 111 Å². The first-order valence-electron chi connectivity index (χ1n) is 5.79. The predicted octanol–water partition coefficient (Wildman–Crippen LogP) is 0.922. The van der Waals surface area contributed by atoms with E-state index in [1.807, 2.05) is 0 Å². The van der Waals surface area contributed by atoms with Crippen molar-refractivity contribution >= 4 is 11.8 Å². The Kier molecular flexibility index (Phi) is 3.23. The van der Waals surface area contributed by atoms with E-state index in [9.17, 15) is 22.8 Å². The highest BCUT2D eigenvalue weighted by molar-refractivity contribution is 5.77. The highest BCUT2D eigenvalue weighted by atomic mass is 19.4. The number of rotatable bonds is 2. The van der Waals surface area contributed by atoms with Gasteiger partial charge in [0, 0.05) is 19.2 Å². The molecule has 2 heterocycles. The first-order chi connectivity index (χ1) is 9.15. The van der Waals surface area contributed by atoms with Crippen LogP contribution in [0.4, 0.5) is 19.0 Å². The minimum absolute atomic E-state index is 0.0543. The molecule has 1 aromatic rings. The zero-order valence-electron chi connectivity index (χ0n) is 10.5. The van der Waals surface area contributed by atoms with Gasteiger partial charge < -0.3 is 15.0 Å². The zero-order valence-corrected chi connectivity index (χ0v) is 10.5. The molecule has 1 aliphatic rings. The number of nitrogens with one attached hydrogen (secondary N) is 1. The highest BCUT2D eigenvalue weighted by Gasteiger charge is 2.63. The van der Waals surface area contributed by atoms with Crippen LogP contribution in [0.2, 0.25) is 0 Å². The lowest BCUT2D eigenvalue weighted by Gasteiger charge is -2.27. The summed E-state index contributed by atoms with van der Waals surface area (Å²) in [6.07, 6.45) is -5.43. The number of carboxylic acids is 1. The fourth-order valence-corrected chi connectivity index (χ4v) is 2.26. The topological polar surface area (TPSA) is 86.3 Å². The van der Waals surface area contributed by atoms with Crippen LogP contribution in [-0.4, -0.2) is 40.3 Å².